The molecule has 1 amide bonds. The van der Waals surface area contributed by atoms with Crippen LogP contribution in [0.2, 0.25) is 5.02 Å². The van der Waals surface area contributed by atoms with Gasteiger partial charge < -0.3 is 4.74 Å². The first-order chi connectivity index (χ1) is 14.0. The highest BCUT2D eigenvalue weighted by molar-refractivity contribution is 6.30. The number of para-hydroxylation sites is 1. The average molecular weight is 438 g/mol. The zero-order valence-electron chi connectivity index (χ0n) is 16.4. The maximum absolute atomic E-state index is 13.7. The van der Waals surface area contributed by atoms with Crippen LogP contribution in [0.4, 0.5) is 23.7 Å². The fraction of sp³-hybridized carbons (Fsp3) is 0.238. The van der Waals surface area contributed by atoms with E-state index in [9.17, 15) is 18.0 Å². The lowest BCUT2D eigenvalue weighted by Gasteiger charge is -2.22. The Morgan fingerprint density at radius 1 is 1.07 bits per heavy atom. The number of alkyl halides is 3. The van der Waals surface area contributed by atoms with Crippen LogP contribution in [-0.4, -0.2) is 15.9 Å². The maximum atomic E-state index is 13.7. The van der Waals surface area contributed by atoms with Gasteiger partial charge in [-0.2, -0.15) is 18.3 Å². The molecular formula is C21H19ClF3N3O2. The van der Waals surface area contributed by atoms with Crippen LogP contribution in [0.1, 0.15) is 32.0 Å². The molecule has 158 valence electrons. The first-order valence-corrected chi connectivity index (χ1v) is 9.34. The van der Waals surface area contributed by atoms with Crippen molar-refractivity contribution in [2.24, 2.45) is 0 Å². The van der Waals surface area contributed by atoms with Crippen LogP contribution < -0.4 is 10.1 Å². The van der Waals surface area contributed by atoms with Crippen molar-refractivity contribution in [1.82, 2.24) is 9.78 Å². The second-order valence-electron chi connectivity index (χ2n) is 7.55. The molecule has 0 spiro atoms. The van der Waals surface area contributed by atoms with Crippen molar-refractivity contribution in [2.45, 2.75) is 32.4 Å². The molecule has 0 aliphatic rings. The Bertz CT molecular complexity index is 1050. The highest BCUT2D eigenvalue weighted by Gasteiger charge is 2.40. The zero-order chi connectivity index (χ0) is 22.1. The molecule has 0 bridgehead atoms. The monoisotopic (exact) mass is 437 g/mol. The Hall–Kier alpha value is -3.00. The summed E-state index contributed by atoms with van der Waals surface area (Å²) < 4.78 is 46.8. The highest BCUT2D eigenvalue weighted by atomic mass is 35.5. The van der Waals surface area contributed by atoms with Gasteiger partial charge in [0, 0.05) is 10.7 Å². The van der Waals surface area contributed by atoms with E-state index in [0.29, 0.717) is 15.4 Å². The minimum Gasteiger partial charge on any atom is -0.406 e. The van der Waals surface area contributed by atoms with Gasteiger partial charge in [-0.25, -0.2) is 9.48 Å². The lowest BCUT2D eigenvalue weighted by Crippen LogP contribution is -2.22. The Morgan fingerprint density at radius 2 is 1.70 bits per heavy atom. The Kier molecular flexibility index (Phi) is 5.81. The van der Waals surface area contributed by atoms with Crippen molar-refractivity contribution >= 4 is 23.4 Å². The molecule has 3 rings (SSSR count). The number of hydrogen-bond acceptors (Lipinski definition) is 3. The van der Waals surface area contributed by atoms with E-state index in [4.69, 9.17) is 16.3 Å². The number of rotatable bonds is 3. The molecule has 0 fully saturated rings. The van der Waals surface area contributed by atoms with Gasteiger partial charge in [0.15, 0.2) is 11.4 Å². The summed E-state index contributed by atoms with van der Waals surface area (Å²) in [7, 11) is 0. The van der Waals surface area contributed by atoms with Crippen molar-refractivity contribution in [2.75, 3.05) is 5.32 Å². The fourth-order valence-electron chi connectivity index (χ4n) is 2.93. The number of anilines is 1. The van der Waals surface area contributed by atoms with Gasteiger partial charge in [-0.1, -0.05) is 50.6 Å². The van der Waals surface area contributed by atoms with E-state index in [1.807, 2.05) is 32.9 Å². The van der Waals surface area contributed by atoms with Crippen LogP contribution >= 0.6 is 11.6 Å². The van der Waals surface area contributed by atoms with Gasteiger partial charge in [-0.15, -0.1) is 0 Å². The fourth-order valence-corrected chi connectivity index (χ4v) is 3.05. The van der Waals surface area contributed by atoms with Gasteiger partial charge in [0.2, 0.25) is 0 Å². The first-order valence-electron chi connectivity index (χ1n) is 8.96. The first kappa shape index (κ1) is 21.7. The van der Waals surface area contributed by atoms with E-state index in [1.165, 1.54) is 24.3 Å². The van der Waals surface area contributed by atoms with Gasteiger partial charge >= 0.3 is 12.3 Å². The molecule has 3 aromatic rings. The third-order valence-electron chi connectivity index (χ3n) is 4.25. The molecule has 0 aliphatic carbocycles. The van der Waals surface area contributed by atoms with Gasteiger partial charge in [-0.05, 0) is 41.3 Å². The van der Waals surface area contributed by atoms with E-state index in [-0.39, 0.29) is 11.1 Å². The Morgan fingerprint density at radius 3 is 2.30 bits per heavy atom. The normalized spacial score (nSPS) is 12.0. The number of carbonyl (C=O) groups is 1. The van der Waals surface area contributed by atoms with Crippen LogP contribution in [-0.2, 0) is 11.6 Å². The third-order valence-corrected chi connectivity index (χ3v) is 4.50. The molecular weight excluding hydrogens is 419 g/mol. The standard InChI is InChI=1S/C21H19ClF3N3O2/c1-20(2,3)15-6-4-5-7-16(15)27-19(29)30-17-12-26-28(18(17)21(23,24)25)14-10-8-13(22)9-11-14/h4-12H,1-3H3,(H,27,29). The predicted molar refractivity (Wildman–Crippen MR) is 108 cm³/mol. The summed E-state index contributed by atoms with van der Waals surface area (Å²) in [5.41, 5.74) is -0.104. The van der Waals surface area contributed by atoms with Crippen molar-refractivity contribution in [3.05, 3.63) is 71.0 Å². The number of halogens is 4. The number of nitrogens with zero attached hydrogens (tertiary/aromatic N) is 2. The molecule has 0 unspecified atom stereocenters. The van der Waals surface area contributed by atoms with E-state index in [0.717, 1.165) is 11.8 Å². The van der Waals surface area contributed by atoms with Gasteiger partial charge in [-0.3, -0.25) is 5.32 Å². The quantitative estimate of drug-likeness (QED) is 0.512. The van der Waals surface area contributed by atoms with E-state index >= 15 is 0 Å². The summed E-state index contributed by atoms with van der Waals surface area (Å²) in [4.78, 5) is 12.4. The van der Waals surface area contributed by atoms with E-state index in [2.05, 4.69) is 10.4 Å². The van der Waals surface area contributed by atoms with Crippen LogP contribution in [0.5, 0.6) is 5.75 Å². The number of amides is 1. The largest absolute Gasteiger partial charge is 0.437 e. The average Bonchev–Trinajstić information content (AvgIpc) is 3.05. The summed E-state index contributed by atoms with van der Waals surface area (Å²) in [6, 6.07) is 12.7. The molecule has 5 nitrogen and oxygen atoms in total. The molecule has 0 saturated carbocycles. The molecule has 1 heterocycles. The summed E-state index contributed by atoms with van der Waals surface area (Å²) >= 11 is 5.80. The van der Waals surface area contributed by atoms with Crippen LogP contribution in [0, 0.1) is 0 Å². The molecule has 2 aromatic carbocycles. The molecule has 0 radical (unpaired) electrons. The minimum absolute atomic E-state index is 0.125. The molecule has 0 aliphatic heterocycles. The molecule has 0 saturated heterocycles. The summed E-state index contributed by atoms with van der Waals surface area (Å²) in [5, 5.41) is 6.63. The number of carbonyl (C=O) groups excluding carboxylic acids is 1. The lowest BCUT2D eigenvalue weighted by atomic mass is 9.86. The number of nitrogens with one attached hydrogen (secondary N) is 1. The number of ether oxygens (including phenoxy) is 1. The smallest absolute Gasteiger partial charge is 0.406 e. The third kappa shape index (κ3) is 4.76. The maximum Gasteiger partial charge on any atom is 0.437 e. The number of aromatic nitrogens is 2. The second-order valence-corrected chi connectivity index (χ2v) is 7.99. The van der Waals surface area contributed by atoms with Crippen LogP contribution in [0.15, 0.2) is 54.7 Å². The van der Waals surface area contributed by atoms with E-state index in [1.54, 1.807) is 12.1 Å². The minimum atomic E-state index is -4.81. The summed E-state index contributed by atoms with van der Waals surface area (Å²) in [5.74, 6) is -0.705. The van der Waals surface area contributed by atoms with Crippen molar-refractivity contribution in [3.63, 3.8) is 0 Å². The van der Waals surface area contributed by atoms with Gasteiger partial charge in [0.25, 0.3) is 0 Å². The second kappa shape index (κ2) is 8.02. The summed E-state index contributed by atoms with van der Waals surface area (Å²) in [6.45, 7) is 5.87. The lowest BCUT2D eigenvalue weighted by molar-refractivity contribution is -0.143. The number of benzene rings is 2. The predicted octanol–water partition coefficient (Wildman–Crippen LogP) is 6.45. The summed E-state index contributed by atoms with van der Waals surface area (Å²) in [6.07, 6.45) is -5.00. The van der Waals surface area contributed by atoms with E-state index < -0.39 is 23.7 Å². The van der Waals surface area contributed by atoms with Crippen LogP contribution in [0.3, 0.4) is 0 Å². The molecule has 30 heavy (non-hydrogen) atoms. The van der Waals surface area contributed by atoms with Crippen LogP contribution in [0.25, 0.3) is 5.69 Å². The molecule has 9 heteroatoms. The Labute approximate surface area is 176 Å². The number of hydrogen-bond donors (Lipinski definition) is 1. The topological polar surface area (TPSA) is 56.1 Å². The SMILES string of the molecule is CC(C)(C)c1ccccc1NC(=O)Oc1cnn(-c2ccc(Cl)cc2)c1C(F)(F)F. The molecule has 1 aromatic heterocycles. The van der Waals surface area contributed by atoms with Crippen molar-refractivity contribution in [3.8, 4) is 11.4 Å². The van der Waals surface area contributed by atoms with Crippen molar-refractivity contribution in [1.29, 1.82) is 0 Å². The van der Waals surface area contributed by atoms with Crippen molar-refractivity contribution < 1.29 is 22.7 Å². The Balaban J connectivity index is 1.91. The molecule has 1 N–H and O–H groups in total. The molecule has 0 atom stereocenters. The van der Waals surface area contributed by atoms with Gasteiger partial charge in [0.05, 0.1) is 11.9 Å². The van der Waals surface area contributed by atoms with Gasteiger partial charge in [0.1, 0.15) is 0 Å². The zero-order valence-corrected chi connectivity index (χ0v) is 17.2. The highest BCUT2D eigenvalue weighted by Crippen LogP contribution is 2.38.